The van der Waals surface area contributed by atoms with E-state index < -0.39 is 94.7 Å². The minimum absolute atomic E-state index is 0.0278. The van der Waals surface area contributed by atoms with Crippen LogP contribution in [0.2, 0.25) is 24.2 Å². The van der Waals surface area contributed by atoms with E-state index in [4.69, 9.17) is 110 Å². The van der Waals surface area contributed by atoms with Crippen molar-refractivity contribution in [3.05, 3.63) is 144 Å². The Kier molecular flexibility index (Phi) is 31.7. The summed E-state index contributed by atoms with van der Waals surface area (Å²) in [5.74, 6) is -4.86. The molecule has 4 amide bonds. The van der Waals surface area contributed by atoms with Crippen LogP contribution in [0.3, 0.4) is 0 Å². The predicted molar refractivity (Wildman–Crippen MR) is 455 cm³/mol. The topological polar surface area (TPSA) is 330 Å². The third-order valence-corrected chi connectivity index (χ3v) is 32.0. The maximum atomic E-state index is 16.4. The summed E-state index contributed by atoms with van der Waals surface area (Å²) in [6.07, 6.45) is 0. The van der Waals surface area contributed by atoms with E-state index in [0.717, 1.165) is 9.80 Å². The van der Waals surface area contributed by atoms with E-state index in [2.05, 4.69) is 0 Å². The molecular weight excluding hydrogens is 1650 g/mol. The average Bonchev–Trinajstić information content (AvgIpc) is 0.669. The standard InChI is InChI=1S/C86H106N2O30Si4/c1-19-107-37-39-113-85(93)79(53(3)4)87-81(89)63-49-67(115-59-29-21-55(22-30-59)109-41-45-119(95-7,96-8)97-9)73-75-69(117-61-33-25-57(26-34-61)111-43-47-121(101-13,102-14)103-15)51-65-72-66(84(92)88(83(65)91)80(54(5)6)86(94)114-40-38-108-20-2)52-70(118-62-35-27-58(28-36-62)112-44-48-122(104-16,105-17)106-18)76(78(72)75)74-68(50-64(82(87)90)71(63)77(73)74)116-60-31-23-56(24-32-60)110-42-46-120(98-10,99-11)100-12/h21-36,49-54,79-80H,19-20,37-48H2,1-18H3. The van der Waals surface area contributed by atoms with Gasteiger partial charge in [-0.15, -0.1) is 0 Å². The SMILES string of the molecule is CCOCCOC(=O)C(C(C)C)N1C(=O)c2cc(Oc3ccc(OCC[Si](OC)(OC)OC)cc3)c3c4c(Oc5ccc(OCC[Si](OC)(OC)OC)cc5)cc5c6c(cc(Oc7ccc(OCC[Si](OC)(OC)OC)cc7)c(c7c(Oc8ccc(OCC[Si](OC)(OC)OC)cc8)cc(c2c37)C1=O)c64)C(=O)N(C(C(=O)OCCOCC)C(C)C)C5=O. The highest BCUT2D eigenvalue weighted by Crippen LogP contribution is 2.58. The number of ether oxygens (including phenoxy) is 12. The minimum Gasteiger partial charge on any atom is -0.494 e. The number of nitrogens with zero attached hydrogens (tertiary/aromatic N) is 2. The third kappa shape index (κ3) is 19.7. The fourth-order valence-electron chi connectivity index (χ4n) is 14.9. The molecule has 9 aromatic rings. The van der Waals surface area contributed by atoms with Gasteiger partial charge in [0.15, 0.2) is 0 Å². The van der Waals surface area contributed by atoms with E-state index in [1.54, 1.807) is 139 Å². The van der Waals surface area contributed by atoms with E-state index >= 15 is 19.2 Å². The van der Waals surface area contributed by atoms with Gasteiger partial charge in [-0.3, -0.25) is 29.0 Å². The van der Waals surface area contributed by atoms with Gasteiger partial charge in [0, 0.05) is 142 Å². The number of amides is 4. The molecule has 0 saturated carbocycles. The maximum absolute atomic E-state index is 16.4. The maximum Gasteiger partial charge on any atom is 0.503 e. The van der Waals surface area contributed by atoms with Crippen molar-refractivity contribution in [2.45, 2.75) is 77.8 Å². The van der Waals surface area contributed by atoms with Crippen molar-refractivity contribution in [1.29, 1.82) is 0 Å². The molecule has 122 heavy (non-hydrogen) atoms. The molecule has 0 N–H and O–H groups in total. The molecule has 2 heterocycles. The zero-order chi connectivity index (χ0) is 87.8. The summed E-state index contributed by atoms with van der Waals surface area (Å²) in [5.41, 5.74) is -0.493. The quantitative estimate of drug-likeness (QED) is 0.00853. The van der Waals surface area contributed by atoms with Crippen LogP contribution in [0, 0.1) is 11.8 Å². The van der Waals surface area contributed by atoms with Crippen molar-refractivity contribution in [3.8, 4) is 69.0 Å². The van der Waals surface area contributed by atoms with E-state index in [9.17, 15) is 9.59 Å². The summed E-state index contributed by atoms with van der Waals surface area (Å²) in [6.45, 7) is 11.1. The van der Waals surface area contributed by atoms with E-state index in [-0.39, 0.29) is 188 Å². The van der Waals surface area contributed by atoms with Crippen LogP contribution in [-0.4, -0.2) is 244 Å². The first-order valence-corrected chi connectivity index (χ1v) is 47.4. The molecule has 656 valence electrons. The van der Waals surface area contributed by atoms with Crippen LogP contribution in [0.25, 0.3) is 43.1 Å². The Morgan fingerprint density at radius 1 is 0.287 bits per heavy atom. The Balaban J connectivity index is 1.26. The van der Waals surface area contributed by atoms with Crippen molar-refractivity contribution in [2.75, 3.05) is 151 Å². The number of rotatable bonds is 50. The molecule has 9 aromatic carbocycles. The van der Waals surface area contributed by atoms with Crippen LogP contribution in [-0.2, 0) is 81.6 Å². The molecule has 0 aliphatic carbocycles. The molecule has 0 radical (unpaired) electrons. The van der Waals surface area contributed by atoms with E-state index in [1.165, 1.54) is 110 Å². The molecule has 32 nitrogen and oxygen atoms in total. The summed E-state index contributed by atoms with van der Waals surface area (Å²) in [4.78, 5) is 97.1. The Hall–Kier alpha value is -9.79. The first-order valence-electron chi connectivity index (χ1n) is 39.7. The van der Waals surface area contributed by atoms with Crippen LogP contribution in [0.15, 0.2) is 121 Å². The van der Waals surface area contributed by atoms with Crippen LogP contribution < -0.4 is 37.9 Å². The highest BCUT2D eigenvalue weighted by molar-refractivity contribution is 6.62. The summed E-state index contributed by atoms with van der Waals surface area (Å²) in [7, 11) is 5.70. The molecule has 36 heteroatoms. The van der Waals surface area contributed by atoms with Gasteiger partial charge in [-0.1, -0.05) is 27.7 Å². The first-order chi connectivity index (χ1) is 58.8. The molecule has 2 atom stereocenters. The molecule has 11 rings (SSSR count). The van der Waals surface area contributed by atoms with Gasteiger partial charge in [-0.25, -0.2) is 9.59 Å². The largest absolute Gasteiger partial charge is 0.503 e. The lowest BCUT2D eigenvalue weighted by Gasteiger charge is -2.36. The van der Waals surface area contributed by atoms with Crippen LogP contribution in [0.5, 0.6) is 69.0 Å². The summed E-state index contributed by atoms with van der Waals surface area (Å²) in [5, 5.41) is 0.882. The third-order valence-electron chi connectivity index (χ3n) is 21.3. The number of fused-ring (bicyclic) bond motifs is 2. The van der Waals surface area contributed by atoms with Gasteiger partial charge < -0.3 is 110 Å². The van der Waals surface area contributed by atoms with Crippen molar-refractivity contribution in [3.63, 3.8) is 0 Å². The Morgan fingerprint density at radius 3 is 0.680 bits per heavy atom. The first kappa shape index (κ1) is 92.9. The van der Waals surface area contributed by atoms with Gasteiger partial charge in [-0.05, 0) is 147 Å². The van der Waals surface area contributed by atoms with Gasteiger partial charge in [0.05, 0.1) is 86.1 Å². The van der Waals surface area contributed by atoms with Gasteiger partial charge in [0.2, 0.25) is 0 Å². The number of imide groups is 2. The molecule has 0 fully saturated rings. The van der Waals surface area contributed by atoms with Gasteiger partial charge >= 0.3 is 47.2 Å². The number of hydrogen-bond acceptors (Lipinski definition) is 30. The van der Waals surface area contributed by atoms with E-state index in [0.29, 0.717) is 36.2 Å². The smallest absolute Gasteiger partial charge is 0.494 e. The Bertz CT molecular complexity index is 4500. The highest BCUT2D eigenvalue weighted by Gasteiger charge is 2.49. The molecule has 2 unspecified atom stereocenters. The average molecular weight is 1760 g/mol. The molecule has 0 bridgehead atoms. The molecule has 2 aliphatic rings. The van der Waals surface area contributed by atoms with Crippen molar-refractivity contribution >= 4 is 114 Å². The summed E-state index contributed by atoms with van der Waals surface area (Å²) in [6, 6.07) is 30.5. The fraction of sp³-hybridized carbons (Fsp3) is 0.419. The second-order valence-corrected chi connectivity index (χ2v) is 41.0. The molecule has 0 spiro atoms. The normalized spacial score (nSPS) is 13.8. The second kappa shape index (κ2) is 41.6. The van der Waals surface area contributed by atoms with Gasteiger partial charge in [0.1, 0.15) is 94.3 Å². The minimum atomic E-state index is -3.09. The Labute approximate surface area is 712 Å². The number of hydrogen-bond donors (Lipinski definition) is 0. The zero-order valence-corrected chi connectivity index (χ0v) is 75.9. The van der Waals surface area contributed by atoms with Crippen LogP contribution in [0.1, 0.15) is 83.0 Å². The molecule has 0 saturated heterocycles. The fourth-order valence-corrected chi connectivity index (χ4v) is 20.8. The second-order valence-electron chi connectivity index (χ2n) is 28.6. The zero-order valence-electron chi connectivity index (χ0n) is 71.9. The lowest BCUT2D eigenvalue weighted by Crippen LogP contribution is -2.53. The number of esters is 2. The predicted octanol–water partition coefficient (Wildman–Crippen LogP) is 14.3. The van der Waals surface area contributed by atoms with Crippen LogP contribution in [0.4, 0.5) is 0 Å². The van der Waals surface area contributed by atoms with Gasteiger partial charge in [-0.2, -0.15) is 0 Å². The number of carbonyl (C=O) groups is 6. The summed E-state index contributed by atoms with van der Waals surface area (Å²) < 4.78 is 145. The summed E-state index contributed by atoms with van der Waals surface area (Å²) >= 11 is 0. The van der Waals surface area contributed by atoms with Gasteiger partial charge in [0.25, 0.3) is 23.6 Å². The van der Waals surface area contributed by atoms with Crippen molar-refractivity contribution < 1.29 is 139 Å². The van der Waals surface area contributed by atoms with E-state index in [1.807, 2.05) is 0 Å². The highest BCUT2D eigenvalue weighted by atomic mass is 28.4. The number of benzene rings is 9. The Morgan fingerprint density at radius 2 is 0.492 bits per heavy atom. The molecule has 2 aliphatic heterocycles. The number of carbonyl (C=O) groups excluding carboxylic acids is 6. The van der Waals surface area contributed by atoms with Crippen molar-refractivity contribution in [1.82, 2.24) is 9.80 Å². The van der Waals surface area contributed by atoms with Crippen molar-refractivity contribution in [2.24, 2.45) is 11.8 Å². The van der Waals surface area contributed by atoms with Crippen LogP contribution >= 0.6 is 0 Å². The monoisotopic (exact) mass is 1760 g/mol. The lowest BCUT2D eigenvalue weighted by atomic mass is 9.80. The lowest BCUT2D eigenvalue weighted by molar-refractivity contribution is -0.152. The molecular formula is C86H106N2O30Si4. The molecule has 0 aromatic heterocycles.